The van der Waals surface area contributed by atoms with Crippen LogP contribution in [0, 0.1) is 0 Å². The van der Waals surface area contributed by atoms with Crippen LogP contribution in [0.15, 0.2) is 85.2 Å². The minimum atomic E-state index is -5.08. The lowest BCUT2D eigenvalue weighted by molar-refractivity contribution is -0.143. The van der Waals surface area contributed by atoms with Crippen LogP contribution in [0.2, 0.25) is 0 Å². The van der Waals surface area contributed by atoms with Gasteiger partial charge in [-0.2, -0.15) is 26.3 Å². The van der Waals surface area contributed by atoms with Gasteiger partial charge in [0.05, 0.1) is 11.1 Å². The largest absolute Gasteiger partial charge is 0.416 e. The zero-order valence-corrected chi connectivity index (χ0v) is 21.6. The third-order valence-electron chi connectivity index (χ3n) is 6.94. The Kier molecular flexibility index (Phi) is 7.72. The van der Waals surface area contributed by atoms with Crippen molar-refractivity contribution < 1.29 is 35.9 Å². The van der Waals surface area contributed by atoms with Crippen LogP contribution in [-0.2, 0) is 18.8 Å². The van der Waals surface area contributed by atoms with Gasteiger partial charge >= 0.3 is 12.4 Å². The molecular formula is C30H22F6N4O2. The predicted molar refractivity (Wildman–Crippen MR) is 141 cm³/mol. The van der Waals surface area contributed by atoms with Gasteiger partial charge in [0.1, 0.15) is 11.4 Å². The Morgan fingerprint density at radius 1 is 0.786 bits per heavy atom. The molecule has 6 nitrogen and oxygen atoms in total. The van der Waals surface area contributed by atoms with E-state index in [0.29, 0.717) is 25.0 Å². The van der Waals surface area contributed by atoms with Gasteiger partial charge < -0.3 is 10.6 Å². The van der Waals surface area contributed by atoms with Gasteiger partial charge in [-0.3, -0.25) is 14.6 Å². The predicted octanol–water partition coefficient (Wildman–Crippen LogP) is 6.64. The maximum absolute atomic E-state index is 13.3. The molecule has 216 valence electrons. The van der Waals surface area contributed by atoms with E-state index < -0.39 is 41.0 Å². The fourth-order valence-electron chi connectivity index (χ4n) is 5.04. The summed E-state index contributed by atoms with van der Waals surface area (Å²) >= 11 is 0. The smallest absolute Gasteiger partial charge is 0.347 e. The number of hydrogen-bond acceptors (Lipinski definition) is 4. The molecule has 2 aromatic carbocycles. The Hall–Kier alpha value is -4.74. The fourth-order valence-corrected chi connectivity index (χ4v) is 5.04. The third-order valence-corrected chi connectivity index (χ3v) is 6.94. The van der Waals surface area contributed by atoms with Crippen molar-refractivity contribution in [1.29, 1.82) is 0 Å². The van der Waals surface area contributed by atoms with Gasteiger partial charge in [-0.05, 0) is 65.9 Å². The second kappa shape index (κ2) is 11.3. The lowest BCUT2D eigenvalue weighted by atomic mass is 9.76. The zero-order valence-electron chi connectivity index (χ0n) is 21.6. The Morgan fingerprint density at radius 3 is 2.10 bits per heavy atom. The number of aryl methyl sites for hydroxylation is 1. The second-order valence-corrected chi connectivity index (χ2v) is 9.74. The lowest BCUT2D eigenvalue weighted by Crippen LogP contribution is -2.42. The average molecular weight is 585 g/mol. The van der Waals surface area contributed by atoms with E-state index in [1.165, 1.54) is 18.2 Å². The molecule has 1 aliphatic carbocycles. The number of hydrogen-bond donors (Lipinski definition) is 2. The van der Waals surface area contributed by atoms with Gasteiger partial charge in [0.2, 0.25) is 0 Å². The summed E-state index contributed by atoms with van der Waals surface area (Å²) in [4.78, 5) is 34.3. The number of nitrogens with zero attached hydrogens (tertiary/aromatic N) is 2. The van der Waals surface area contributed by atoms with Crippen molar-refractivity contribution >= 4 is 17.5 Å². The number of anilines is 1. The van der Waals surface area contributed by atoms with E-state index in [1.807, 2.05) is 35.6 Å². The van der Waals surface area contributed by atoms with Crippen LogP contribution >= 0.6 is 0 Å². The molecule has 0 saturated heterocycles. The van der Waals surface area contributed by atoms with Gasteiger partial charge in [-0.1, -0.05) is 36.4 Å². The molecule has 0 radical (unpaired) electrons. The Labute approximate surface area is 235 Å². The van der Waals surface area contributed by atoms with Crippen molar-refractivity contribution in [2.24, 2.45) is 0 Å². The number of benzene rings is 2. The number of amides is 2. The van der Waals surface area contributed by atoms with Crippen molar-refractivity contribution in [3.05, 3.63) is 124 Å². The molecule has 4 aromatic rings. The van der Waals surface area contributed by atoms with E-state index in [4.69, 9.17) is 0 Å². The van der Waals surface area contributed by atoms with E-state index in [-0.39, 0.29) is 29.4 Å². The molecule has 0 fully saturated rings. The summed E-state index contributed by atoms with van der Waals surface area (Å²) < 4.78 is 79.3. The topological polar surface area (TPSA) is 84.0 Å². The summed E-state index contributed by atoms with van der Waals surface area (Å²) in [6, 6.07) is 15.9. The number of rotatable bonds is 5. The first-order chi connectivity index (χ1) is 19.9. The molecule has 12 heteroatoms. The quantitative estimate of drug-likeness (QED) is 0.258. The number of fused-ring (bicyclic) bond motifs is 1. The van der Waals surface area contributed by atoms with Gasteiger partial charge in [0.15, 0.2) is 0 Å². The average Bonchev–Trinajstić information content (AvgIpc) is 2.96. The third kappa shape index (κ3) is 6.27. The van der Waals surface area contributed by atoms with Gasteiger partial charge in [0, 0.05) is 30.0 Å². The van der Waals surface area contributed by atoms with Crippen LogP contribution in [0.25, 0.3) is 0 Å². The lowest BCUT2D eigenvalue weighted by Gasteiger charge is -2.34. The van der Waals surface area contributed by atoms with Crippen LogP contribution in [0.4, 0.5) is 32.0 Å². The summed E-state index contributed by atoms with van der Waals surface area (Å²) in [6.07, 6.45) is -5.46. The summed E-state index contributed by atoms with van der Waals surface area (Å²) in [6.45, 7) is 0. The molecule has 2 unspecified atom stereocenters. The van der Waals surface area contributed by atoms with Crippen molar-refractivity contribution in [3.8, 4) is 0 Å². The van der Waals surface area contributed by atoms with Crippen molar-refractivity contribution in [2.45, 2.75) is 37.2 Å². The highest BCUT2D eigenvalue weighted by Gasteiger charge is 2.37. The van der Waals surface area contributed by atoms with E-state index in [2.05, 4.69) is 15.3 Å². The van der Waals surface area contributed by atoms with Gasteiger partial charge in [0.25, 0.3) is 11.8 Å². The van der Waals surface area contributed by atoms with E-state index >= 15 is 0 Å². The summed E-state index contributed by atoms with van der Waals surface area (Å²) in [5.74, 6) is -1.89. The van der Waals surface area contributed by atoms with Crippen LogP contribution in [-0.4, -0.2) is 27.8 Å². The van der Waals surface area contributed by atoms with Crippen LogP contribution in [0.3, 0.4) is 0 Å². The highest BCUT2D eigenvalue weighted by Crippen LogP contribution is 2.38. The van der Waals surface area contributed by atoms with Crippen LogP contribution in [0.5, 0.6) is 0 Å². The molecule has 2 atom stereocenters. The van der Waals surface area contributed by atoms with E-state index in [9.17, 15) is 35.9 Å². The van der Waals surface area contributed by atoms with Crippen molar-refractivity contribution in [1.82, 2.24) is 15.3 Å². The number of carbonyl (C=O) groups excluding carboxylic acids is 2. The number of alkyl halides is 6. The highest BCUT2D eigenvalue weighted by atomic mass is 19.4. The standard InChI is InChI=1S/C30H22F6N4O2/c31-29(32,33)19-13-20(30(34,35)36)15-21(14-19)38-27(41)24-8-3-9-25(39-24)28(42)40-23-11-10-17-5-1-2-7-22(17)26(23)18-6-4-12-37-16-18/h1-9,12-16,23,26H,10-11H2,(H,38,41)(H,40,42). The molecule has 5 rings (SSSR count). The molecule has 2 amide bonds. The Balaban J connectivity index is 1.37. The number of aromatic nitrogens is 2. The van der Waals surface area contributed by atoms with E-state index in [1.54, 1.807) is 18.5 Å². The first kappa shape index (κ1) is 28.8. The normalized spacial score (nSPS) is 16.8. The SMILES string of the molecule is O=C(Nc1cc(C(F)(F)F)cc(C(F)(F)F)c1)c1cccc(C(=O)NC2CCc3ccccc3C2c2cccnc2)n1. The molecule has 2 N–H and O–H groups in total. The number of nitrogens with one attached hydrogen (secondary N) is 2. The summed E-state index contributed by atoms with van der Waals surface area (Å²) in [5, 5.41) is 5.01. The minimum Gasteiger partial charge on any atom is -0.347 e. The van der Waals surface area contributed by atoms with Crippen LogP contribution in [0.1, 0.15) is 61.1 Å². The number of pyridine rings is 2. The Bertz CT molecular complexity index is 1590. The maximum atomic E-state index is 13.3. The van der Waals surface area contributed by atoms with Crippen LogP contribution < -0.4 is 10.6 Å². The molecule has 0 bridgehead atoms. The van der Waals surface area contributed by atoms with Gasteiger partial charge in [-0.15, -0.1) is 0 Å². The van der Waals surface area contributed by atoms with Crippen molar-refractivity contribution in [3.63, 3.8) is 0 Å². The highest BCUT2D eigenvalue weighted by molar-refractivity contribution is 6.04. The first-order valence-electron chi connectivity index (χ1n) is 12.8. The zero-order chi connectivity index (χ0) is 30.1. The monoisotopic (exact) mass is 584 g/mol. The molecule has 2 aromatic heterocycles. The van der Waals surface area contributed by atoms with Crippen molar-refractivity contribution in [2.75, 3.05) is 5.32 Å². The molecule has 42 heavy (non-hydrogen) atoms. The van der Waals surface area contributed by atoms with E-state index in [0.717, 1.165) is 16.7 Å². The maximum Gasteiger partial charge on any atom is 0.416 e. The molecule has 1 aliphatic rings. The molecule has 2 heterocycles. The first-order valence-corrected chi connectivity index (χ1v) is 12.8. The molecule has 0 saturated carbocycles. The summed E-state index contributed by atoms with van der Waals surface area (Å²) in [5.41, 5.74) is -1.30. The van der Waals surface area contributed by atoms with Gasteiger partial charge in [-0.25, -0.2) is 4.98 Å². The second-order valence-electron chi connectivity index (χ2n) is 9.74. The molecule has 0 aliphatic heterocycles. The number of halogens is 6. The Morgan fingerprint density at radius 2 is 1.45 bits per heavy atom. The molecule has 0 spiro atoms. The molecular weight excluding hydrogens is 562 g/mol. The summed E-state index contributed by atoms with van der Waals surface area (Å²) in [7, 11) is 0. The minimum absolute atomic E-state index is 0.0404. The number of carbonyl (C=O) groups is 2. The fraction of sp³-hybridized carbons (Fsp3) is 0.200.